The molecule has 134 valence electrons. The highest BCUT2D eigenvalue weighted by atomic mass is 16.5. The molecule has 1 aromatic carbocycles. The predicted octanol–water partition coefficient (Wildman–Crippen LogP) is 1.44. The lowest BCUT2D eigenvalue weighted by Crippen LogP contribution is -2.46. The number of nitrogens with zero attached hydrogens (tertiary/aromatic N) is 4. The summed E-state index contributed by atoms with van der Waals surface area (Å²) in [6.07, 6.45) is 4.52. The number of hydrogen-bond donors (Lipinski definition) is 1. The molecule has 1 N–H and O–H groups in total. The van der Waals surface area contributed by atoms with Crippen molar-refractivity contribution in [2.75, 3.05) is 6.61 Å². The van der Waals surface area contributed by atoms with E-state index in [1.165, 1.54) is 10.9 Å². The number of hydrogen-bond acceptors (Lipinski definition) is 6. The summed E-state index contributed by atoms with van der Waals surface area (Å²) in [5, 5.41) is 19.6. The van der Waals surface area contributed by atoms with Crippen LogP contribution in [0.15, 0.2) is 36.5 Å². The molecule has 26 heavy (non-hydrogen) atoms. The number of aromatic nitrogens is 3. The normalized spacial score (nSPS) is 15.2. The maximum atomic E-state index is 12.0. The van der Waals surface area contributed by atoms with Gasteiger partial charge in [-0.2, -0.15) is 5.26 Å². The maximum absolute atomic E-state index is 12.0. The Balaban J connectivity index is 1.51. The zero-order chi connectivity index (χ0) is 18.4. The lowest BCUT2D eigenvalue weighted by molar-refractivity contribution is -0.125. The molecule has 1 fully saturated rings. The molecule has 3 rings (SSSR count). The summed E-state index contributed by atoms with van der Waals surface area (Å²) in [5.74, 6) is -1.21. The molecular formula is C18H19N5O3. The van der Waals surface area contributed by atoms with Crippen LogP contribution in [0.2, 0.25) is 0 Å². The first kappa shape index (κ1) is 17.6. The van der Waals surface area contributed by atoms with E-state index in [1.807, 2.05) is 30.3 Å². The average Bonchev–Trinajstić information content (AvgIpc) is 3.31. The lowest BCUT2D eigenvalue weighted by atomic mass is 10.00. The average molecular weight is 353 g/mol. The molecule has 1 amide bonds. The highest BCUT2D eigenvalue weighted by molar-refractivity contribution is 5.89. The molecule has 0 bridgehead atoms. The van der Waals surface area contributed by atoms with Crippen molar-refractivity contribution >= 4 is 11.9 Å². The summed E-state index contributed by atoms with van der Waals surface area (Å²) in [6.45, 7) is 0.0279. The first-order valence-electron chi connectivity index (χ1n) is 8.44. The third-order valence-corrected chi connectivity index (χ3v) is 4.32. The topological polar surface area (TPSA) is 110 Å². The molecule has 0 spiro atoms. The van der Waals surface area contributed by atoms with Crippen LogP contribution in [0, 0.1) is 11.3 Å². The summed E-state index contributed by atoms with van der Waals surface area (Å²) in [7, 11) is 0. The van der Waals surface area contributed by atoms with Gasteiger partial charge >= 0.3 is 5.97 Å². The monoisotopic (exact) mass is 353 g/mol. The van der Waals surface area contributed by atoms with Gasteiger partial charge in [0.25, 0.3) is 5.91 Å². The standard InChI is InChI=1S/C18H19N5O3/c19-13-18(8-4-5-9-18)20-16(24)12-26-17(25)15-11-23(22-21-15)10-14-6-2-1-3-7-14/h1-3,6-7,11H,4-5,8-10,12H2,(H,20,24). The van der Waals surface area contributed by atoms with Crippen molar-refractivity contribution in [3.05, 3.63) is 47.8 Å². The summed E-state index contributed by atoms with van der Waals surface area (Å²) in [4.78, 5) is 24.0. The van der Waals surface area contributed by atoms with E-state index < -0.39 is 24.0 Å². The van der Waals surface area contributed by atoms with Crippen LogP contribution in [-0.2, 0) is 16.1 Å². The molecule has 1 aromatic heterocycles. The van der Waals surface area contributed by atoms with Gasteiger partial charge in [-0.3, -0.25) is 4.79 Å². The van der Waals surface area contributed by atoms with Gasteiger partial charge < -0.3 is 10.1 Å². The zero-order valence-electron chi connectivity index (χ0n) is 14.2. The van der Waals surface area contributed by atoms with Crippen LogP contribution >= 0.6 is 0 Å². The first-order chi connectivity index (χ1) is 12.6. The van der Waals surface area contributed by atoms with Crippen molar-refractivity contribution in [1.29, 1.82) is 5.26 Å². The summed E-state index contributed by atoms with van der Waals surface area (Å²) in [5.41, 5.74) is 0.224. The Morgan fingerprint density at radius 1 is 1.27 bits per heavy atom. The number of benzene rings is 1. The second-order valence-corrected chi connectivity index (χ2v) is 6.31. The number of amides is 1. The number of rotatable bonds is 6. The van der Waals surface area contributed by atoms with Gasteiger partial charge in [-0.15, -0.1) is 5.10 Å². The van der Waals surface area contributed by atoms with E-state index in [0.717, 1.165) is 18.4 Å². The van der Waals surface area contributed by atoms with Crippen molar-refractivity contribution in [2.24, 2.45) is 0 Å². The van der Waals surface area contributed by atoms with Crippen molar-refractivity contribution in [3.8, 4) is 6.07 Å². The highest BCUT2D eigenvalue weighted by Gasteiger charge is 2.35. The number of carbonyl (C=O) groups is 2. The highest BCUT2D eigenvalue weighted by Crippen LogP contribution is 2.28. The molecule has 2 aromatic rings. The van der Waals surface area contributed by atoms with Crippen LogP contribution in [0.25, 0.3) is 0 Å². The van der Waals surface area contributed by atoms with E-state index in [4.69, 9.17) is 4.74 Å². The van der Waals surface area contributed by atoms with Gasteiger partial charge in [-0.05, 0) is 31.2 Å². The molecule has 8 nitrogen and oxygen atoms in total. The number of ether oxygens (including phenoxy) is 1. The second kappa shape index (κ2) is 7.78. The molecule has 8 heteroatoms. The molecule has 0 aliphatic heterocycles. The quantitative estimate of drug-likeness (QED) is 0.787. The van der Waals surface area contributed by atoms with E-state index in [-0.39, 0.29) is 5.69 Å². The fourth-order valence-corrected chi connectivity index (χ4v) is 2.99. The zero-order valence-corrected chi connectivity index (χ0v) is 14.2. The Bertz CT molecular complexity index is 819. The molecule has 0 radical (unpaired) electrons. The van der Waals surface area contributed by atoms with Crippen LogP contribution in [0.5, 0.6) is 0 Å². The number of nitriles is 1. The minimum absolute atomic E-state index is 0.0320. The van der Waals surface area contributed by atoms with E-state index in [0.29, 0.717) is 19.4 Å². The first-order valence-corrected chi connectivity index (χ1v) is 8.44. The Morgan fingerprint density at radius 3 is 2.69 bits per heavy atom. The molecule has 1 heterocycles. The summed E-state index contributed by atoms with van der Waals surface area (Å²) in [6, 6.07) is 11.8. The van der Waals surface area contributed by atoms with Crippen LogP contribution in [-0.4, -0.2) is 39.0 Å². The van der Waals surface area contributed by atoms with Crippen molar-refractivity contribution in [3.63, 3.8) is 0 Å². The van der Waals surface area contributed by atoms with E-state index >= 15 is 0 Å². The predicted molar refractivity (Wildman–Crippen MR) is 90.8 cm³/mol. The molecular weight excluding hydrogens is 334 g/mol. The number of carbonyl (C=O) groups excluding carboxylic acids is 2. The van der Waals surface area contributed by atoms with Gasteiger partial charge in [-0.1, -0.05) is 35.5 Å². The third kappa shape index (κ3) is 4.25. The summed E-state index contributed by atoms with van der Waals surface area (Å²) < 4.78 is 6.50. The van der Waals surface area contributed by atoms with Gasteiger partial charge in [-0.25, -0.2) is 9.48 Å². The Labute approximate surface area is 150 Å². The Hall–Kier alpha value is -3.21. The van der Waals surface area contributed by atoms with Gasteiger partial charge in [0.15, 0.2) is 12.3 Å². The largest absolute Gasteiger partial charge is 0.451 e. The van der Waals surface area contributed by atoms with Gasteiger partial charge in [0, 0.05) is 0 Å². The van der Waals surface area contributed by atoms with Crippen LogP contribution in [0.4, 0.5) is 0 Å². The lowest BCUT2D eigenvalue weighted by Gasteiger charge is -2.21. The minimum atomic E-state index is -0.831. The van der Waals surface area contributed by atoms with Crippen LogP contribution < -0.4 is 5.32 Å². The molecule has 0 saturated heterocycles. The van der Waals surface area contributed by atoms with E-state index in [9.17, 15) is 14.9 Å². The molecule has 0 atom stereocenters. The Kier molecular flexibility index (Phi) is 5.27. The molecule has 1 saturated carbocycles. The van der Waals surface area contributed by atoms with Gasteiger partial charge in [0.2, 0.25) is 0 Å². The van der Waals surface area contributed by atoms with Crippen LogP contribution in [0.1, 0.15) is 41.7 Å². The van der Waals surface area contributed by atoms with Crippen LogP contribution in [0.3, 0.4) is 0 Å². The van der Waals surface area contributed by atoms with Crippen molar-refractivity contribution < 1.29 is 14.3 Å². The summed E-state index contributed by atoms with van der Waals surface area (Å²) >= 11 is 0. The van der Waals surface area contributed by atoms with Crippen molar-refractivity contribution in [2.45, 2.75) is 37.8 Å². The SMILES string of the molecule is N#CC1(NC(=O)COC(=O)c2cn(Cc3ccccc3)nn2)CCCC1. The maximum Gasteiger partial charge on any atom is 0.361 e. The van der Waals surface area contributed by atoms with Gasteiger partial charge in [0.1, 0.15) is 5.54 Å². The van der Waals surface area contributed by atoms with Gasteiger partial charge in [0.05, 0.1) is 18.8 Å². The third-order valence-electron chi connectivity index (χ3n) is 4.32. The molecule has 1 aliphatic rings. The molecule has 1 aliphatic carbocycles. The van der Waals surface area contributed by atoms with E-state index in [1.54, 1.807) is 0 Å². The second-order valence-electron chi connectivity index (χ2n) is 6.31. The smallest absolute Gasteiger partial charge is 0.361 e. The minimum Gasteiger partial charge on any atom is -0.451 e. The van der Waals surface area contributed by atoms with Crippen molar-refractivity contribution in [1.82, 2.24) is 20.3 Å². The number of esters is 1. The fourth-order valence-electron chi connectivity index (χ4n) is 2.99. The number of nitrogens with one attached hydrogen (secondary N) is 1. The fraction of sp³-hybridized carbons (Fsp3) is 0.389. The van der Waals surface area contributed by atoms with E-state index in [2.05, 4.69) is 21.7 Å². The Morgan fingerprint density at radius 2 is 2.00 bits per heavy atom. The molecule has 0 unspecified atom stereocenters.